The number of carbonyl (C=O) groups is 1. The fourth-order valence-electron chi connectivity index (χ4n) is 4.64. The van der Waals surface area contributed by atoms with Crippen LogP contribution in [0.4, 0.5) is 13.2 Å². The summed E-state index contributed by atoms with van der Waals surface area (Å²) in [5.74, 6) is -1.81. The van der Waals surface area contributed by atoms with Gasteiger partial charge in [-0.3, -0.25) is 9.69 Å². The molecule has 9 nitrogen and oxygen atoms in total. The van der Waals surface area contributed by atoms with Crippen molar-refractivity contribution < 1.29 is 46.1 Å². The Bertz CT molecular complexity index is 1680. The molecule has 0 bridgehead atoms. The highest BCUT2D eigenvalue weighted by Crippen LogP contribution is 2.41. The molecule has 42 heavy (non-hydrogen) atoms. The second-order valence-electron chi connectivity index (χ2n) is 9.39. The highest BCUT2D eigenvalue weighted by Gasteiger charge is 2.41. The number of esters is 1. The van der Waals surface area contributed by atoms with Crippen LogP contribution in [-0.4, -0.2) is 45.5 Å². The minimum absolute atomic E-state index is 0.0896. The molecule has 1 aliphatic rings. The summed E-state index contributed by atoms with van der Waals surface area (Å²) in [6.45, 7) is 0.894. The van der Waals surface area contributed by atoms with Crippen molar-refractivity contribution in [2.24, 2.45) is 0 Å². The average Bonchev–Trinajstić information content (AvgIpc) is 3.00. The van der Waals surface area contributed by atoms with Gasteiger partial charge in [0, 0.05) is 13.1 Å². The molecule has 0 atom stereocenters. The van der Waals surface area contributed by atoms with Crippen molar-refractivity contribution in [3.63, 3.8) is 0 Å². The van der Waals surface area contributed by atoms with Crippen molar-refractivity contribution >= 4 is 16.9 Å². The van der Waals surface area contributed by atoms with Crippen molar-refractivity contribution in [1.82, 2.24) is 4.90 Å². The number of benzene rings is 3. The zero-order valence-corrected chi connectivity index (χ0v) is 22.9. The van der Waals surface area contributed by atoms with Crippen LogP contribution in [0.3, 0.4) is 0 Å². The summed E-state index contributed by atoms with van der Waals surface area (Å²) in [5, 5.41) is -0.0896. The Morgan fingerprint density at radius 1 is 0.976 bits per heavy atom. The Hall–Kier alpha value is -4.71. The van der Waals surface area contributed by atoms with Crippen LogP contribution in [0, 0.1) is 0 Å². The van der Waals surface area contributed by atoms with E-state index in [2.05, 4.69) is 4.74 Å². The van der Waals surface area contributed by atoms with Gasteiger partial charge in [-0.2, -0.15) is 13.2 Å². The van der Waals surface area contributed by atoms with Crippen LogP contribution < -0.4 is 24.4 Å². The maximum absolute atomic E-state index is 14.2. The number of hydrogen-bond donors (Lipinski definition) is 0. The molecule has 0 N–H and O–H groups in total. The molecule has 0 radical (unpaired) electrons. The molecule has 2 heterocycles. The number of halogens is 3. The molecule has 5 rings (SSSR count). The lowest BCUT2D eigenvalue weighted by molar-refractivity contribution is -0.154. The van der Waals surface area contributed by atoms with Crippen LogP contribution in [0.15, 0.2) is 63.8 Å². The molecule has 12 heteroatoms. The number of hydrogen-bond acceptors (Lipinski definition) is 9. The quantitative estimate of drug-likeness (QED) is 0.238. The van der Waals surface area contributed by atoms with E-state index in [9.17, 15) is 22.8 Å². The van der Waals surface area contributed by atoms with Crippen molar-refractivity contribution in [3.8, 4) is 28.7 Å². The minimum atomic E-state index is -5.04. The third-order valence-electron chi connectivity index (χ3n) is 6.78. The molecule has 0 unspecified atom stereocenters. The summed E-state index contributed by atoms with van der Waals surface area (Å²) in [6.07, 6.45) is -4.45. The molecule has 0 amide bonds. The molecule has 0 aliphatic carbocycles. The van der Waals surface area contributed by atoms with Gasteiger partial charge in [0.1, 0.15) is 23.8 Å². The molecular formula is C30H26F3NO8. The molecule has 0 spiro atoms. The molecule has 0 saturated carbocycles. The molecule has 3 aromatic carbocycles. The first-order chi connectivity index (χ1) is 20.1. The van der Waals surface area contributed by atoms with Crippen LogP contribution in [0.25, 0.3) is 11.0 Å². The summed E-state index contributed by atoms with van der Waals surface area (Å²) >= 11 is 0. The summed E-state index contributed by atoms with van der Waals surface area (Å²) in [5.41, 5.74) is 0.222. The standard InChI is InChI=1S/C30H26F3NO8/c1-37-23-10-4-17(14-24(23)38-2)12-13-34-15-21-22(40-16-34)11-9-20-25(35)27(28(30(31,32)33)42-26(20)21)41-19-7-5-18(6-8-19)29(36)39-3/h4-11,14H,12-13,15-16H2,1-3H3. The number of methoxy groups -OCH3 is 3. The predicted molar refractivity (Wildman–Crippen MR) is 144 cm³/mol. The number of nitrogens with zero attached hydrogens (tertiary/aromatic N) is 1. The molecule has 1 aromatic heterocycles. The number of ether oxygens (including phenoxy) is 5. The highest BCUT2D eigenvalue weighted by molar-refractivity contribution is 5.89. The van der Waals surface area contributed by atoms with Gasteiger partial charge in [0.05, 0.1) is 37.8 Å². The van der Waals surface area contributed by atoms with Crippen LogP contribution in [0.2, 0.25) is 0 Å². The normalized spacial score (nSPS) is 13.3. The Morgan fingerprint density at radius 2 is 1.71 bits per heavy atom. The van der Waals surface area contributed by atoms with Crippen molar-refractivity contribution in [2.75, 3.05) is 34.6 Å². The molecule has 220 valence electrons. The molecule has 0 saturated heterocycles. The number of fused-ring (bicyclic) bond motifs is 3. The van der Waals surface area contributed by atoms with Crippen LogP contribution >= 0.6 is 0 Å². The van der Waals surface area contributed by atoms with Crippen LogP contribution in [0.5, 0.6) is 28.7 Å². The first-order valence-electron chi connectivity index (χ1n) is 12.7. The summed E-state index contributed by atoms with van der Waals surface area (Å²) in [6, 6.07) is 13.6. The lowest BCUT2D eigenvalue weighted by Gasteiger charge is -2.29. The smallest absolute Gasteiger partial charge is 0.453 e. The zero-order chi connectivity index (χ0) is 30.0. The Labute approximate surface area is 237 Å². The van der Waals surface area contributed by atoms with Crippen LogP contribution in [0.1, 0.15) is 27.2 Å². The van der Waals surface area contributed by atoms with Gasteiger partial charge in [-0.1, -0.05) is 6.07 Å². The summed E-state index contributed by atoms with van der Waals surface area (Å²) in [4.78, 5) is 26.9. The first kappa shape index (κ1) is 28.8. The van der Waals surface area contributed by atoms with E-state index in [1.807, 2.05) is 17.0 Å². The molecular weight excluding hydrogens is 559 g/mol. The third-order valence-corrected chi connectivity index (χ3v) is 6.78. The summed E-state index contributed by atoms with van der Waals surface area (Å²) < 4.78 is 74.4. The van der Waals surface area contributed by atoms with E-state index in [4.69, 9.17) is 23.4 Å². The second-order valence-corrected chi connectivity index (χ2v) is 9.39. The van der Waals surface area contributed by atoms with Gasteiger partial charge in [0.25, 0.3) is 5.76 Å². The Morgan fingerprint density at radius 3 is 2.38 bits per heavy atom. The van der Waals surface area contributed by atoms with Gasteiger partial charge in [-0.25, -0.2) is 4.79 Å². The molecule has 0 fully saturated rings. The zero-order valence-electron chi connectivity index (χ0n) is 22.9. The lowest BCUT2D eigenvalue weighted by atomic mass is 10.1. The van der Waals surface area contributed by atoms with Crippen LogP contribution in [-0.2, 0) is 23.9 Å². The number of alkyl halides is 3. The van der Waals surface area contributed by atoms with E-state index < -0.39 is 29.1 Å². The topological polar surface area (TPSA) is 96.7 Å². The lowest BCUT2D eigenvalue weighted by Crippen LogP contribution is -2.34. The highest BCUT2D eigenvalue weighted by atomic mass is 19.4. The van der Waals surface area contributed by atoms with E-state index >= 15 is 0 Å². The Balaban J connectivity index is 1.46. The average molecular weight is 586 g/mol. The van der Waals surface area contributed by atoms with Crippen molar-refractivity contribution in [1.29, 1.82) is 0 Å². The van der Waals surface area contributed by atoms with E-state index in [1.165, 1.54) is 43.5 Å². The Kier molecular flexibility index (Phi) is 7.99. The van der Waals surface area contributed by atoms with Gasteiger partial charge < -0.3 is 28.1 Å². The minimum Gasteiger partial charge on any atom is -0.493 e. The molecule has 4 aromatic rings. The van der Waals surface area contributed by atoms with Gasteiger partial charge in [0.15, 0.2) is 11.5 Å². The van der Waals surface area contributed by atoms with E-state index in [0.29, 0.717) is 35.8 Å². The van der Waals surface area contributed by atoms with E-state index in [0.717, 1.165) is 5.56 Å². The SMILES string of the molecule is COC(=O)c1ccc(Oc2c(C(F)(F)F)oc3c4c(ccc3c2=O)OCN(CCc2ccc(OC)c(OC)c2)C4)cc1. The van der Waals surface area contributed by atoms with Crippen molar-refractivity contribution in [2.45, 2.75) is 19.1 Å². The first-order valence-corrected chi connectivity index (χ1v) is 12.7. The predicted octanol–water partition coefficient (Wildman–Crippen LogP) is 5.80. The number of carbonyl (C=O) groups excluding carboxylic acids is 1. The second kappa shape index (κ2) is 11.6. The largest absolute Gasteiger partial charge is 0.493 e. The maximum Gasteiger partial charge on any atom is 0.453 e. The fraction of sp³-hybridized carbons (Fsp3) is 0.267. The van der Waals surface area contributed by atoms with E-state index in [1.54, 1.807) is 20.3 Å². The maximum atomic E-state index is 14.2. The molecule has 1 aliphatic heterocycles. The number of rotatable bonds is 8. The monoisotopic (exact) mass is 585 g/mol. The van der Waals surface area contributed by atoms with E-state index in [-0.39, 0.29) is 35.6 Å². The van der Waals surface area contributed by atoms with Gasteiger partial charge >= 0.3 is 12.1 Å². The van der Waals surface area contributed by atoms with Gasteiger partial charge in [0.2, 0.25) is 11.2 Å². The van der Waals surface area contributed by atoms with Gasteiger partial charge in [-0.15, -0.1) is 0 Å². The fourth-order valence-corrected chi connectivity index (χ4v) is 4.64. The third kappa shape index (κ3) is 5.70. The summed E-state index contributed by atoms with van der Waals surface area (Å²) in [7, 11) is 4.29. The van der Waals surface area contributed by atoms with Gasteiger partial charge in [-0.05, 0) is 60.5 Å². The van der Waals surface area contributed by atoms with Crippen molar-refractivity contribution in [3.05, 3.63) is 87.3 Å².